The quantitative estimate of drug-likeness (QED) is 0.674. The Morgan fingerprint density at radius 2 is 2.11 bits per heavy atom. The lowest BCUT2D eigenvalue weighted by Gasteiger charge is -2.36. The third-order valence-corrected chi connectivity index (χ3v) is 2.32. The Morgan fingerprint density at radius 1 is 1.50 bits per heavy atom. The minimum atomic E-state index is -1.38. The highest BCUT2D eigenvalue weighted by atomic mass is 16.6. The van der Waals surface area contributed by atoms with E-state index in [2.05, 4.69) is 5.32 Å². The van der Waals surface area contributed by atoms with Gasteiger partial charge in [0.2, 0.25) is 5.91 Å². The average Bonchev–Trinajstić information content (AvgIpc) is 2.17. The number of rotatable bonds is 2. The highest BCUT2D eigenvalue weighted by Crippen LogP contribution is 2.15. The first-order valence-corrected chi connectivity index (χ1v) is 5.68. The Labute approximate surface area is 105 Å². The number of carboxylic acid groups (broad SMARTS) is 1. The van der Waals surface area contributed by atoms with Crippen molar-refractivity contribution < 1.29 is 24.2 Å². The zero-order valence-corrected chi connectivity index (χ0v) is 10.7. The summed E-state index contributed by atoms with van der Waals surface area (Å²) in [4.78, 5) is 35.1. The summed E-state index contributed by atoms with van der Waals surface area (Å²) in [6.45, 7) is 5.59. The van der Waals surface area contributed by atoms with Gasteiger partial charge in [0.25, 0.3) is 0 Å². The van der Waals surface area contributed by atoms with E-state index >= 15 is 0 Å². The SMILES string of the molecule is CC(C)(C)OC(=O)N1CCNC(=O)[C@H]1CC(=O)[O-]. The van der Waals surface area contributed by atoms with Crippen molar-refractivity contribution in [3.63, 3.8) is 0 Å². The zero-order valence-electron chi connectivity index (χ0n) is 10.7. The van der Waals surface area contributed by atoms with Gasteiger partial charge in [0, 0.05) is 25.5 Å². The van der Waals surface area contributed by atoms with Gasteiger partial charge in [0.05, 0.1) is 0 Å². The predicted octanol–water partition coefficient (Wildman–Crippen LogP) is -1.14. The van der Waals surface area contributed by atoms with E-state index in [4.69, 9.17) is 4.74 Å². The number of nitrogens with one attached hydrogen (secondary N) is 1. The van der Waals surface area contributed by atoms with Crippen LogP contribution in [0, 0.1) is 0 Å². The summed E-state index contributed by atoms with van der Waals surface area (Å²) in [5.74, 6) is -1.89. The van der Waals surface area contributed by atoms with Crippen LogP contribution in [-0.2, 0) is 14.3 Å². The molecular weight excluding hydrogens is 240 g/mol. The molecule has 0 unspecified atom stereocenters. The molecule has 7 nitrogen and oxygen atoms in total. The Balaban J connectivity index is 2.79. The van der Waals surface area contributed by atoms with Gasteiger partial charge in [-0.2, -0.15) is 0 Å². The zero-order chi connectivity index (χ0) is 13.9. The molecule has 1 atom stereocenters. The standard InChI is InChI=1S/C11H18N2O5/c1-11(2,3)18-10(17)13-5-4-12-9(16)7(13)6-8(14)15/h7H,4-6H2,1-3H3,(H,12,16)(H,14,15)/p-1/t7-/m1/s1. The summed E-state index contributed by atoms with van der Waals surface area (Å²) in [5.41, 5.74) is -0.697. The molecule has 1 N–H and O–H groups in total. The molecule has 18 heavy (non-hydrogen) atoms. The van der Waals surface area contributed by atoms with Crippen LogP contribution in [0.3, 0.4) is 0 Å². The first-order chi connectivity index (χ1) is 8.20. The second kappa shape index (κ2) is 5.24. The predicted molar refractivity (Wildman–Crippen MR) is 59.4 cm³/mol. The molecule has 0 radical (unpaired) electrons. The molecule has 1 saturated heterocycles. The van der Waals surface area contributed by atoms with Crippen LogP contribution in [0.5, 0.6) is 0 Å². The third-order valence-electron chi connectivity index (χ3n) is 2.32. The number of aliphatic carboxylic acids is 1. The summed E-state index contributed by atoms with van der Waals surface area (Å²) >= 11 is 0. The minimum Gasteiger partial charge on any atom is -0.550 e. The maximum absolute atomic E-state index is 11.9. The molecule has 7 heteroatoms. The molecule has 1 aliphatic rings. The van der Waals surface area contributed by atoms with Gasteiger partial charge in [0.15, 0.2) is 0 Å². The van der Waals surface area contributed by atoms with Crippen molar-refractivity contribution in [1.82, 2.24) is 10.2 Å². The fraction of sp³-hybridized carbons (Fsp3) is 0.727. The van der Waals surface area contributed by atoms with E-state index < -0.39 is 36.0 Å². The second-order valence-electron chi connectivity index (χ2n) is 5.06. The highest BCUT2D eigenvalue weighted by Gasteiger charge is 2.35. The number of hydrogen-bond donors (Lipinski definition) is 1. The highest BCUT2D eigenvalue weighted by molar-refractivity contribution is 5.89. The first kappa shape index (κ1) is 14.3. The van der Waals surface area contributed by atoms with E-state index in [1.165, 1.54) is 0 Å². The van der Waals surface area contributed by atoms with Gasteiger partial charge >= 0.3 is 6.09 Å². The van der Waals surface area contributed by atoms with E-state index in [-0.39, 0.29) is 13.1 Å². The molecule has 2 amide bonds. The summed E-state index contributed by atoms with van der Waals surface area (Å²) in [7, 11) is 0. The number of hydrogen-bond acceptors (Lipinski definition) is 5. The normalized spacial score (nSPS) is 20.3. The van der Waals surface area contributed by atoms with Gasteiger partial charge < -0.3 is 20.0 Å². The van der Waals surface area contributed by atoms with Crippen molar-refractivity contribution in [1.29, 1.82) is 0 Å². The van der Waals surface area contributed by atoms with E-state index in [9.17, 15) is 19.5 Å². The molecule has 0 aliphatic carbocycles. The van der Waals surface area contributed by atoms with Crippen molar-refractivity contribution >= 4 is 18.0 Å². The molecule has 0 aromatic rings. The second-order valence-corrected chi connectivity index (χ2v) is 5.06. The molecule has 102 valence electrons. The molecule has 0 aromatic heterocycles. The molecule has 0 spiro atoms. The van der Waals surface area contributed by atoms with E-state index in [0.717, 1.165) is 4.90 Å². The van der Waals surface area contributed by atoms with Crippen molar-refractivity contribution in [3.8, 4) is 0 Å². The molecule has 1 aliphatic heterocycles. The number of amides is 2. The number of carbonyl (C=O) groups is 3. The van der Waals surface area contributed by atoms with E-state index in [0.29, 0.717) is 0 Å². The number of piperazine rings is 1. The maximum atomic E-state index is 11.9. The molecule has 1 fully saturated rings. The largest absolute Gasteiger partial charge is 0.550 e. The number of carboxylic acids is 1. The fourth-order valence-corrected chi connectivity index (χ4v) is 1.61. The van der Waals surface area contributed by atoms with E-state index in [1.807, 2.05) is 0 Å². The molecule has 0 saturated carbocycles. The van der Waals surface area contributed by atoms with Crippen molar-refractivity contribution in [2.75, 3.05) is 13.1 Å². The van der Waals surface area contributed by atoms with Crippen LogP contribution in [0.4, 0.5) is 4.79 Å². The van der Waals surface area contributed by atoms with Crippen LogP contribution in [0.2, 0.25) is 0 Å². The lowest BCUT2D eigenvalue weighted by Crippen LogP contribution is -2.59. The monoisotopic (exact) mass is 257 g/mol. The Kier molecular flexibility index (Phi) is 4.15. The Bertz CT molecular complexity index is 361. The molecule has 1 heterocycles. The van der Waals surface area contributed by atoms with Crippen molar-refractivity contribution in [2.45, 2.75) is 38.8 Å². The molecule has 0 aromatic carbocycles. The van der Waals surface area contributed by atoms with E-state index in [1.54, 1.807) is 20.8 Å². The van der Waals surface area contributed by atoms with Crippen molar-refractivity contribution in [2.24, 2.45) is 0 Å². The van der Waals surface area contributed by atoms with Gasteiger partial charge in [0.1, 0.15) is 11.6 Å². The third kappa shape index (κ3) is 3.90. The Morgan fingerprint density at radius 3 is 2.61 bits per heavy atom. The lowest BCUT2D eigenvalue weighted by atomic mass is 10.1. The maximum Gasteiger partial charge on any atom is 0.411 e. The topological polar surface area (TPSA) is 98.8 Å². The number of carbonyl (C=O) groups excluding carboxylic acids is 3. The molecule has 1 rings (SSSR count). The minimum absolute atomic E-state index is 0.221. The smallest absolute Gasteiger partial charge is 0.411 e. The summed E-state index contributed by atoms with van der Waals surface area (Å²) in [5, 5.41) is 13.1. The van der Waals surface area contributed by atoms with Crippen LogP contribution >= 0.6 is 0 Å². The molecular formula is C11H17N2O5-. The van der Waals surface area contributed by atoms with Crippen molar-refractivity contribution in [3.05, 3.63) is 0 Å². The fourth-order valence-electron chi connectivity index (χ4n) is 1.61. The first-order valence-electron chi connectivity index (χ1n) is 5.68. The summed E-state index contributed by atoms with van der Waals surface area (Å²) in [6.07, 6.45) is -1.23. The van der Waals surface area contributed by atoms with Gasteiger partial charge in [-0.15, -0.1) is 0 Å². The van der Waals surface area contributed by atoms with Gasteiger partial charge in [-0.25, -0.2) is 4.79 Å². The average molecular weight is 257 g/mol. The van der Waals surface area contributed by atoms with Crippen LogP contribution in [-0.4, -0.2) is 47.6 Å². The lowest BCUT2D eigenvalue weighted by molar-refractivity contribution is -0.306. The number of nitrogens with zero attached hydrogens (tertiary/aromatic N) is 1. The van der Waals surface area contributed by atoms with Crippen LogP contribution in [0.1, 0.15) is 27.2 Å². The molecule has 0 bridgehead atoms. The van der Waals surface area contributed by atoms with Gasteiger partial charge in [-0.1, -0.05) is 0 Å². The van der Waals surface area contributed by atoms with Crippen LogP contribution in [0.15, 0.2) is 0 Å². The van der Waals surface area contributed by atoms with Gasteiger partial charge in [-0.05, 0) is 20.8 Å². The Hall–Kier alpha value is -1.79. The number of ether oxygens (including phenoxy) is 1. The van der Waals surface area contributed by atoms with Gasteiger partial charge in [-0.3, -0.25) is 9.69 Å². The summed E-state index contributed by atoms with van der Waals surface area (Å²) in [6, 6.07) is -1.07. The van der Waals surface area contributed by atoms with Crippen LogP contribution < -0.4 is 10.4 Å². The van der Waals surface area contributed by atoms with Crippen LogP contribution in [0.25, 0.3) is 0 Å². The summed E-state index contributed by atoms with van der Waals surface area (Å²) < 4.78 is 5.13.